The van der Waals surface area contributed by atoms with Crippen LogP contribution >= 0.6 is 12.4 Å². The fourth-order valence-corrected chi connectivity index (χ4v) is 4.11. The van der Waals surface area contributed by atoms with E-state index in [0.717, 1.165) is 30.8 Å². The van der Waals surface area contributed by atoms with Crippen LogP contribution in [-0.4, -0.2) is 37.0 Å². The third-order valence-electron chi connectivity index (χ3n) is 5.51. The number of rotatable bonds is 3. The van der Waals surface area contributed by atoms with Crippen molar-refractivity contribution in [1.29, 1.82) is 0 Å². The van der Waals surface area contributed by atoms with Gasteiger partial charge < -0.3 is 15.4 Å². The largest absolute Gasteiger partial charge is 0.492 e. The number of hydrogen-bond donors (Lipinski definition) is 1. The topological polar surface area (TPSA) is 55.6 Å². The normalized spacial score (nSPS) is 24.3. The molecule has 4 nitrogen and oxygen atoms in total. The fraction of sp³-hybridized carbons (Fsp3) is 0.381. The fourth-order valence-electron chi connectivity index (χ4n) is 4.11. The Labute approximate surface area is 160 Å². The van der Waals surface area contributed by atoms with E-state index in [4.69, 9.17) is 10.5 Å². The van der Waals surface area contributed by atoms with Crippen LogP contribution in [-0.2, 0) is 11.2 Å². The van der Waals surface area contributed by atoms with E-state index in [1.54, 1.807) is 0 Å². The Morgan fingerprint density at radius 1 is 1.08 bits per heavy atom. The molecule has 0 aromatic heterocycles. The molecular weight excluding hydrogens is 348 g/mol. The third kappa shape index (κ3) is 3.57. The van der Waals surface area contributed by atoms with Crippen molar-refractivity contribution >= 4 is 18.3 Å². The van der Waals surface area contributed by atoms with Gasteiger partial charge in [0.15, 0.2) is 0 Å². The van der Waals surface area contributed by atoms with Gasteiger partial charge in [-0.2, -0.15) is 0 Å². The molecule has 1 saturated heterocycles. The van der Waals surface area contributed by atoms with Crippen LogP contribution in [0.25, 0.3) is 0 Å². The molecule has 5 heteroatoms. The molecule has 4 rings (SSSR count). The minimum Gasteiger partial charge on any atom is -0.492 e. The van der Waals surface area contributed by atoms with Crippen LogP contribution in [0.1, 0.15) is 17.0 Å². The van der Waals surface area contributed by atoms with E-state index in [-0.39, 0.29) is 24.2 Å². The van der Waals surface area contributed by atoms with Crippen molar-refractivity contribution in [2.24, 2.45) is 17.6 Å². The van der Waals surface area contributed by atoms with Crippen molar-refractivity contribution in [3.8, 4) is 5.75 Å². The van der Waals surface area contributed by atoms with Crippen molar-refractivity contribution in [3.05, 3.63) is 65.7 Å². The maximum absolute atomic E-state index is 13.1. The van der Waals surface area contributed by atoms with Crippen molar-refractivity contribution < 1.29 is 9.53 Å². The Balaban J connectivity index is 0.00000196. The van der Waals surface area contributed by atoms with E-state index in [1.807, 2.05) is 35.2 Å². The number of likely N-dealkylation sites (tertiary alicyclic amines) is 1. The summed E-state index contributed by atoms with van der Waals surface area (Å²) < 4.78 is 5.81. The predicted molar refractivity (Wildman–Crippen MR) is 105 cm³/mol. The standard InChI is InChI=1S/C21H24N2O2.ClH/c22-11-18-12-23(13-19(18)15-6-2-1-3-7-15)21(24)17-10-16-8-4-5-9-20(16)25-14-17;/h1-9,17-19H,10-14,22H2;1H/t17?,18-,19+;/m1./s1. The van der Waals surface area contributed by atoms with Gasteiger partial charge in [-0.15, -0.1) is 12.4 Å². The van der Waals surface area contributed by atoms with E-state index in [2.05, 4.69) is 24.3 Å². The first-order chi connectivity index (χ1) is 12.3. The Morgan fingerprint density at radius 2 is 1.81 bits per heavy atom. The van der Waals surface area contributed by atoms with Gasteiger partial charge in [0.1, 0.15) is 12.4 Å². The van der Waals surface area contributed by atoms with Gasteiger partial charge in [-0.25, -0.2) is 0 Å². The summed E-state index contributed by atoms with van der Waals surface area (Å²) >= 11 is 0. The van der Waals surface area contributed by atoms with Crippen LogP contribution in [0.5, 0.6) is 5.75 Å². The molecule has 2 aromatic rings. The average Bonchev–Trinajstić information content (AvgIpc) is 3.12. The molecule has 3 atom stereocenters. The molecule has 0 radical (unpaired) electrons. The average molecular weight is 373 g/mol. The van der Waals surface area contributed by atoms with Crippen molar-refractivity contribution in [2.45, 2.75) is 12.3 Å². The molecular formula is C21H25ClN2O2. The highest BCUT2D eigenvalue weighted by Gasteiger charge is 2.38. The number of hydrogen-bond acceptors (Lipinski definition) is 3. The molecule has 1 amide bonds. The molecule has 2 aromatic carbocycles. The minimum atomic E-state index is -0.0946. The maximum Gasteiger partial charge on any atom is 0.229 e. The van der Waals surface area contributed by atoms with Crippen LogP contribution in [0.4, 0.5) is 0 Å². The highest BCUT2D eigenvalue weighted by Crippen LogP contribution is 2.34. The number of halogens is 1. The Kier molecular flexibility index (Phi) is 5.84. The second-order valence-electron chi connectivity index (χ2n) is 7.08. The minimum absolute atomic E-state index is 0. The molecule has 0 saturated carbocycles. The summed E-state index contributed by atoms with van der Waals surface area (Å²) in [6.45, 7) is 2.57. The molecule has 2 aliphatic heterocycles. The van der Waals surface area contributed by atoms with Crippen LogP contribution in [0.2, 0.25) is 0 Å². The second-order valence-corrected chi connectivity index (χ2v) is 7.08. The van der Waals surface area contributed by atoms with Crippen molar-refractivity contribution in [3.63, 3.8) is 0 Å². The molecule has 0 aliphatic carbocycles. The monoisotopic (exact) mass is 372 g/mol. The number of benzene rings is 2. The lowest BCUT2D eigenvalue weighted by Crippen LogP contribution is -2.40. The third-order valence-corrected chi connectivity index (χ3v) is 5.51. The molecule has 1 unspecified atom stereocenters. The number of carbonyl (C=O) groups is 1. The lowest BCUT2D eigenvalue weighted by molar-refractivity contribution is -0.136. The molecule has 26 heavy (non-hydrogen) atoms. The zero-order valence-corrected chi connectivity index (χ0v) is 15.5. The molecule has 1 fully saturated rings. The van der Waals surface area contributed by atoms with Crippen LogP contribution in [0.15, 0.2) is 54.6 Å². The number of nitrogens with zero attached hydrogens (tertiary/aromatic N) is 1. The molecule has 2 heterocycles. The van der Waals surface area contributed by atoms with Crippen LogP contribution < -0.4 is 10.5 Å². The summed E-state index contributed by atoms with van der Waals surface area (Å²) in [5.74, 6) is 1.67. The summed E-state index contributed by atoms with van der Waals surface area (Å²) in [6.07, 6.45) is 0.759. The molecule has 138 valence electrons. The number of carbonyl (C=O) groups excluding carboxylic acids is 1. The quantitative estimate of drug-likeness (QED) is 0.901. The van der Waals surface area contributed by atoms with Gasteiger partial charge in [-0.05, 0) is 36.1 Å². The Hall–Kier alpha value is -2.04. The number of amides is 1. The summed E-state index contributed by atoms with van der Waals surface area (Å²) in [7, 11) is 0. The Morgan fingerprint density at radius 3 is 2.58 bits per heavy atom. The summed E-state index contributed by atoms with van der Waals surface area (Å²) in [6, 6.07) is 18.4. The molecule has 2 N–H and O–H groups in total. The van der Waals surface area contributed by atoms with Gasteiger partial charge >= 0.3 is 0 Å². The van der Waals surface area contributed by atoms with Gasteiger partial charge in [0.2, 0.25) is 5.91 Å². The van der Waals surface area contributed by atoms with E-state index >= 15 is 0 Å². The van der Waals surface area contributed by atoms with Gasteiger partial charge in [0.25, 0.3) is 0 Å². The maximum atomic E-state index is 13.1. The van der Waals surface area contributed by atoms with Gasteiger partial charge in [-0.1, -0.05) is 48.5 Å². The number of para-hydroxylation sites is 1. The van der Waals surface area contributed by atoms with E-state index in [1.165, 1.54) is 5.56 Å². The van der Waals surface area contributed by atoms with Gasteiger partial charge in [-0.3, -0.25) is 4.79 Å². The van der Waals surface area contributed by atoms with Crippen LogP contribution in [0, 0.1) is 11.8 Å². The van der Waals surface area contributed by atoms with Crippen molar-refractivity contribution in [2.75, 3.05) is 26.2 Å². The number of nitrogens with two attached hydrogens (primary N) is 1. The van der Waals surface area contributed by atoms with Crippen LogP contribution in [0.3, 0.4) is 0 Å². The molecule has 0 bridgehead atoms. The van der Waals surface area contributed by atoms with Crippen molar-refractivity contribution in [1.82, 2.24) is 4.90 Å². The zero-order chi connectivity index (χ0) is 17.2. The van der Waals surface area contributed by atoms with Gasteiger partial charge in [0.05, 0.1) is 5.92 Å². The molecule has 2 aliphatic rings. The summed E-state index contributed by atoms with van der Waals surface area (Å²) in [4.78, 5) is 15.1. The summed E-state index contributed by atoms with van der Waals surface area (Å²) in [5, 5.41) is 0. The van der Waals surface area contributed by atoms with Gasteiger partial charge in [0, 0.05) is 19.0 Å². The van der Waals surface area contributed by atoms with E-state index in [9.17, 15) is 4.79 Å². The second kappa shape index (κ2) is 8.11. The summed E-state index contributed by atoms with van der Waals surface area (Å²) in [5.41, 5.74) is 8.41. The number of ether oxygens (including phenoxy) is 1. The predicted octanol–water partition coefficient (Wildman–Crippen LogP) is 2.86. The first-order valence-corrected chi connectivity index (χ1v) is 9.00. The lowest BCUT2D eigenvalue weighted by Gasteiger charge is -2.28. The number of fused-ring (bicyclic) bond motifs is 1. The van der Waals surface area contributed by atoms with E-state index < -0.39 is 0 Å². The first kappa shape index (κ1) is 18.7. The highest BCUT2D eigenvalue weighted by molar-refractivity contribution is 5.85. The zero-order valence-electron chi connectivity index (χ0n) is 14.7. The SMILES string of the molecule is Cl.NC[C@@H]1CN(C(=O)C2COc3ccccc3C2)C[C@H]1c1ccccc1. The lowest BCUT2D eigenvalue weighted by atomic mass is 9.89. The highest BCUT2D eigenvalue weighted by atomic mass is 35.5. The Bertz CT molecular complexity index is 753. The van der Waals surface area contributed by atoms with E-state index in [0.29, 0.717) is 25.0 Å². The smallest absolute Gasteiger partial charge is 0.229 e. The molecule has 0 spiro atoms. The first-order valence-electron chi connectivity index (χ1n) is 9.00.